The Hall–Kier alpha value is -1.38. The molecule has 0 spiro atoms. The Labute approximate surface area is 95.5 Å². The number of rotatable bonds is 1. The lowest BCUT2D eigenvalue weighted by Gasteiger charge is -2.15. The highest BCUT2D eigenvalue weighted by Crippen LogP contribution is 2.35. The molecule has 1 saturated carbocycles. The first-order valence-corrected chi connectivity index (χ1v) is 5.91. The molecule has 1 aliphatic rings. The maximum Gasteiger partial charge on any atom is 0.144 e. The van der Waals surface area contributed by atoms with Crippen LogP contribution in [0.25, 0.3) is 11.0 Å². The predicted molar refractivity (Wildman–Crippen MR) is 64.2 cm³/mol. The molecule has 3 heteroatoms. The molecule has 16 heavy (non-hydrogen) atoms. The maximum atomic E-state index is 4.42. The van der Waals surface area contributed by atoms with Crippen molar-refractivity contribution in [1.29, 1.82) is 0 Å². The van der Waals surface area contributed by atoms with Gasteiger partial charge in [-0.3, -0.25) is 0 Å². The first kappa shape index (κ1) is 9.82. The van der Waals surface area contributed by atoms with Crippen molar-refractivity contribution in [2.45, 2.75) is 38.6 Å². The van der Waals surface area contributed by atoms with Gasteiger partial charge in [-0.1, -0.05) is 12.8 Å². The zero-order chi connectivity index (χ0) is 11.1. The zero-order valence-electron chi connectivity index (χ0n) is 9.61. The Kier molecular flexibility index (Phi) is 2.20. The van der Waals surface area contributed by atoms with Gasteiger partial charge in [0.05, 0.1) is 0 Å². The van der Waals surface area contributed by atoms with Crippen molar-refractivity contribution >= 4 is 11.0 Å². The number of aryl methyl sites for hydroxylation is 1. The molecule has 2 aromatic rings. The second-order valence-electron chi connectivity index (χ2n) is 4.64. The van der Waals surface area contributed by atoms with Crippen molar-refractivity contribution in [3.8, 4) is 0 Å². The molecule has 1 radical (unpaired) electrons. The average Bonchev–Trinajstić information content (AvgIpc) is 2.89. The van der Waals surface area contributed by atoms with Crippen LogP contribution >= 0.6 is 0 Å². The van der Waals surface area contributed by atoms with E-state index in [9.17, 15) is 0 Å². The van der Waals surface area contributed by atoms with Crippen molar-refractivity contribution < 1.29 is 0 Å². The van der Waals surface area contributed by atoms with Crippen LogP contribution in [0.5, 0.6) is 0 Å². The molecule has 0 N–H and O–H groups in total. The van der Waals surface area contributed by atoms with Crippen LogP contribution < -0.4 is 0 Å². The third kappa shape index (κ3) is 1.27. The van der Waals surface area contributed by atoms with Gasteiger partial charge < -0.3 is 4.57 Å². The lowest BCUT2D eigenvalue weighted by atomic mass is 10.2. The number of fused-ring (bicyclic) bond motifs is 1. The van der Waals surface area contributed by atoms with E-state index in [0.717, 1.165) is 16.7 Å². The fourth-order valence-electron chi connectivity index (χ4n) is 2.80. The Morgan fingerprint density at radius 2 is 2.12 bits per heavy atom. The minimum Gasteiger partial charge on any atom is -0.326 e. The number of hydrogen-bond donors (Lipinski definition) is 0. The minimum absolute atomic E-state index is 0.596. The molecule has 0 bridgehead atoms. The highest BCUT2D eigenvalue weighted by atomic mass is 15.1. The molecule has 2 heterocycles. The van der Waals surface area contributed by atoms with Crippen LogP contribution in [0.2, 0.25) is 0 Å². The van der Waals surface area contributed by atoms with E-state index in [1.165, 1.54) is 31.2 Å². The summed E-state index contributed by atoms with van der Waals surface area (Å²) in [6.45, 7) is 6.31. The molecular formula is C13H16N3. The summed E-state index contributed by atoms with van der Waals surface area (Å²) in [7, 11) is 0. The summed E-state index contributed by atoms with van der Waals surface area (Å²) in [5, 5.41) is 1.15. The molecule has 0 aromatic carbocycles. The third-order valence-corrected chi connectivity index (χ3v) is 3.74. The van der Waals surface area contributed by atoms with Gasteiger partial charge in [0, 0.05) is 23.3 Å². The zero-order valence-corrected chi connectivity index (χ0v) is 9.61. The van der Waals surface area contributed by atoms with Crippen molar-refractivity contribution in [2.24, 2.45) is 0 Å². The third-order valence-electron chi connectivity index (χ3n) is 3.74. The van der Waals surface area contributed by atoms with Gasteiger partial charge in [-0.05, 0) is 32.3 Å². The fraction of sp³-hybridized carbons (Fsp3) is 0.462. The van der Waals surface area contributed by atoms with Gasteiger partial charge in [0.15, 0.2) is 0 Å². The molecule has 0 amide bonds. The lowest BCUT2D eigenvalue weighted by molar-refractivity contribution is 0.525. The summed E-state index contributed by atoms with van der Waals surface area (Å²) in [4.78, 5) is 8.52. The quantitative estimate of drug-likeness (QED) is 0.730. The fourth-order valence-corrected chi connectivity index (χ4v) is 2.80. The second-order valence-corrected chi connectivity index (χ2v) is 4.64. The highest BCUT2D eigenvalue weighted by Gasteiger charge is 2.22. The smallest absolute Gasteiger partial charge is 0.144 e. The van der Waals surface area contributed by atoms with Crippen LogP contribution in [0.4, 0.5) is 0 Å². The minimum atomic E-state index is 0.596. The summed E-state index contributed by atoms with van der Waals surface area (Å²) in [5.41, 5.74) is 3.40. The number of nitrogens with zero attached hydrogens (tertiary/aromatic N) is 3. The largest absolute Gasteiger partial charge is 0.326 e. The number of aromatic nitrogens is 3. The van der Waals surface area contributed by atoms with Crippen molar-refractivity contribution in [3.05, 3.63) is 30.7 Å². The van der Waals surface area contributed by atoms with Gasteiger partial charge >= 0.3 is 0 Å². The molecule has 0 atom stereocenters. The molecule has 1 aliphatic carbocycles. The topological polar surface area (TPSA) is 30.7 Å². The van der Waals surface area contributed by atoms with E-state index in [1.54, 1.807) is 6.33 Å². The predicted octanol–water partition coefficient (Wildman–Crippen LogP) is 3.04. The maximum absolute atomic E-state index is 4.42. The molecular weight excluding hydrogens is 198 g/mol. The summed E-state index contributed by atoms with van der Waals surface area (Å²) < 4.78 is 2.32. The Bertz CT molecular complexity index is 521. The summed E-state index contributed by atoms with van der Waals surface area (Å²) in [5.74, 6) is 0. The Morgan fingerprint density at radius 1 is 1.38 bits per heavy atom. The van der Waals surface area contributed by atoms with E-state index in [0.29, 0.717) is 6.04 Å². The molecule has 1 fully saturated rings. The van der Waals surface area contributed by atoms with E-state index in [2.05, 4.69) is 28.4 Å². The Morgan fingerprint density at radius 3 is 2.88 bits per heavy atom. The SMILES string of the molecule is [CH2]c1c(C)c2cncnc2n1C1CCCC1. The molecule has 0 saturated heterocycles. The summed E-state index contributed by atoms with van der Waals surface area (Å²) in [6, 6.07) is 0.596. The van der Waals surface area contributed by atoms with Gasteiger partial charge in [-0.15, -0.1) is 0 Å². The van der Waals surface area contributed by atoms with Gasteiger partial charge in [-0.25, -0.2) is 9.97 Å². The normalized spacial score (nSPS) is 17.4. The van der Waals surface area contributed by atoms with Gasteiger partial charge in [-0.2, -0.15) is 0 Å². The van der Waals surface area contributed by atoms with E-state index < -0.39 is 0 Å². The van der Waals surface area contributed by atoms with Crippen molar-refractivity contribution in [2.75, 3.05) is 0 Å². The monoisotopic (exact) mass is 214 g/mol. The van der Waals surface area contributed by atoms with Crippen LogP contribution in [0.3, 0.4) is 0 Å². The summed E-state index contributed by atoms with van der Waals surface area (Å²) in [6.07, 6.45) is 8.71. The first-order chi connectivity index (χ1) is 7.79. The van der Waals surface area contributed by atoms with Crippen LogP contribution in [0.15, 0.2) is 12.5 Å². The van der Waals surface area contributed by atoms with Crippen LogP contribution in [-0.4, -0.2) is 14.5 Å². The summed E-state index contributed by atoms with van der Waals surface area (Å²) >= 11 is 0. The van der Waals surface area contributed by atoms with E-state index >= 15 is 0 Å². The standard InChI is InChI=1S/C13H16N3/c1-9-10(2)16(11-5-3-4-6-11)13-12(9)7-14-8-15-13/h7-8,11H,2-6H2,1H3. The molecule has 3 rings (SSSR count). The molecule has 83 valence electrons. The average molecular weight is 214 g/mol. The van der Waals surface area contributed by atoms with E-state index in [-0.39, 0.29) is 0 Å². The number of hydrogen-bond acceptors (Lipinski definition) is 2. The molecule has 0 unspecified atom stereocenters. The molecule has 0 aliphatic heterocycles. The van der Waals surface area contributed by atoms with Gasteiger partial charge in [0.25, 0.3) is 0 Å². The second kappa shape index (κ2) is 3.58. The highest BCUT2D eigenvalue weighted by molar-refractivity contribution is 5.81. The van der Waals surface area contributed by atoms with Crippen LogP contribution in [-0.2, 0) is 0 Å². The lowest BCUT2D eigenvalue weighted by Crippen LogP contribution is -2.07. The molecule has 2 aromatic heterocycles. The van der Waals surface area contributed by atoms with Crippen LogP contribution in [0.1, 0.15) is 43.0 Å². The van der Waals surface area contributed by atoms with Crippen LogP contribution in [0, 0.1) is 13.8 Å². The first-order valence-electron chi connectivity index (χ1n) is 5.91. The van der Waals surface area contributed by atoms with Crippen molar-refractivity contribution in [1.82, 2.24) is 14.5 Å². The van der Waals surface area contributed by atoms with E-state index in [4.69, 9.17) is 0 Å². The molecule has 3 nitrogen and oxygen atoms in total. The van der Waals surface area contributed by atoms with Crippen molar-refractivity contribution in [3.63, 3.8) is 0 Å². The van der Waals surface area contributed by atoms with E-state index in [1.807, 2.05) is 6.20 Å². The van der Waals surface area contributed by atoms with Gasteiger partial charge in [0.1, 0.15) is 12.0 Å². The Balaban J connectivity index is 2.26. The van der Waals surface area contributed by atoms with Gasteiger partial charge in [0.2, 0.25) is 0 Å².